The van der Waals surface area contributed by atoms with E-state index in [1.54, 1.807) is 12.5 Å². The molecule has 1 aliphatic rings. The minimum absolute atomic E-state index is 0.369. The second-order valence-electron chi connectivity index (χ2n) is 4.08. The third-order valence-electron chi connectivity index (χ3n) is 2.92. The summed E-state index contributed by atoms with van der Waals surface area (Å²) >= 11 is 5.45. The highest BCUT2D eigenvalue weighted by Crippen LogP contribution is 2.37. The summed E-state index contributed by atoms with van der Waals surface area (Å²) in [5, 5.41) is 2.10. The van der Waals surface area contributed by atoms with Crippen molar-refractivity contribution in [2.75, 3.05) is 24.3 Å². The van der Waals surface area contributed by atoms with Crippen LogP contribution in [0.3, 0.4) is 0 Å². The number of hydrogen-bond acceptors (Lipinski definition) is 4. The number of alkyl halides is 1. The molecule has 16 heavy (non-hydrogen) atoms. The van der Waals surface area contributed by atoms with E-state index in [9.17, 15) is 0 Å². The Morgan fingerprint density at radius 2 is 2.25 bits per heavy atom. The van der Waals surface area contributed by atoms with Gasteiger partial charge in [-0.15, -0.1) is 11.8 Å². The molecular formula is C11H15BrN2OS. The smallest absolute Gasteiger partial charge is 0.116 e. The molecule has 0 bridgehead atoms. The van der Waals surface area contributed by atoms with Crippen molar-refractivity contribution < 1.29 is 4.74 Å². The van der Waals surface area contributed by atoms with Crippen LogP contribution in [0.5, 0.6) is 0 Å². The Balaban J connectivity index is 1.92. The topological polar surface area (TPSA) is 35.0 Å². The molecule has 0 aromatic carbocycles. The van der Waals surface area contributed by atoms with Gasteiger partial charge in [-0.1, -0.05) is 15.9 Å². The van der Waals surface area contributed by atoms with Crippen molar-refractivity contribution >= 4 is 27.7 Å². The molecule has 88 valence electrons. The van der Waals surface area contributed by atoms with Crippen molar-refractivity contribution in [2.24, 2.45) is 5.41 Å². The van der Waals surface area contributed by atoms with Crippen molar-refractivity contribution in [3.05, 3.63) is 18.6 Å². The molecule has 2 heterocycles. The maximum Gasteiger partial charge on any atom is 0.116 e. The fourth-order valence-electron chi connectivity index (χ4n) is 1.71. The van der Waals surface area contributed by atoms with E-state index in [1.807, 2.05) is 17.8 Å². The molecule has 3 nitrogen and oxygen atoms in total. The van der Waals surface area contributed by atoms with Gasteiger partial charge in [-0.25, -0.2) is 9.97 Å². The van der Waals surface area contributed by atoms with E-state index in [0.29, 0.717) is 5.41 Å². The van der Waals surface area contributed by atoms with Crippen LogP contribution in [0.4, 0.5) is 0 Å². The van der Waals surface area contributed by atoms with E-state index in [2.05, 4.69) is 25.9 Å². The van der Waals surface area contributed by atoms with Gasteiger partial charge in [-0.05, 0) is 24.3 Å². The molecule has 0 radical (unpaired) electrons. The van der Waals surface area contributed by atoms with Crippen LogP contribution < -0.4 is 0 Å². The van der Waals surface area contributed by atoms with E-state index in [4.69, 9.17) is 4.74 Å². The maximum atomic E-state index is 5.42. The van der Waals surface area contributed by atoms with Crippen LogP contribution in [0.25, 0.3) is 0 Å². The second kappa shape index (κ2) is 5.98. The van der Waals surface area contributed by atoms with Gasteiger partial charge in [0.25, 0.3) is 0 Å². The summed E-state index contributed by atoms with van der Waals surface area (Å²) in [5.74, 6) is 1.10. The molecule has 0 spiro atoms. The highest BCUT2D eigenvalue weighted by molar-refractivity contribution is 9.09. The Hall–Kier alpha value is -0.130. The SMILES string of the molecule is BrCC1(CSc2ccncn2)CCOCC1. The number of thioether (sulfide) groups is 1. The number of ether oxygens (including phenoxy) is 1. The van der Waals surface area contributed by atoms with E-state index >= 15 is 0 Å². The van der Waals surface area contributed by atoms with Gasteiger partial charge < -0.3 is 4.74 Å². The summed E-state index contributed by atoms with van der Waals surface area (Å²) < 4.78 is 5.42. The molecule has 0 atom stereocenters. The monoisotopic (exact) mass is 302 g/mol. The Labute approximate surface area is 109 Å². The Kier molecular flexibility index (Phi) is 4.61. The average molecular weight is 303 g/mol. The van der Waals surface area contributed by atoms with Crippen LogP contribution in [0.2, 0.25) is 0 Å². The van der Waals surface area contributed by atoms with Crippen LogP contribution in [0.1, 0.15) is 12.8 Å². The molecule has 0 N–H and O–H groups in total. The van der Waals surface area contributed by atoms with Gasteiger partial charge in [0.15, 0.2) is 0 Å². The van der Waals surface area contributed by atoms with Gasteiger partial charge in [0.1, 0.15) is 6.33 Å². The number of nitrogens with zero attached hydrogens (tertiary/aromatic N) is 2. The number of hydrogen-bond donors (Lipinski definition) is 0. The molecule has 1 aromatic rings. The summed E-state index contributed by atoms with van der Waals surface area (Å²) in [6.45, 7) is 1.77. The first-order chi connectivity index (χ1) is 7.85. The van der Waals surface area contributed by atoms with Crippen LogP contribution in [0.15, 0.2) is 23.6 Å². The van der Waals surface area contributed by atoms with Gasteiger partial charge in [0.2, 0.25) is 0 Å². The van der Waals surface area contributed by atoms with Crippen molar-refractivity contribution in [3.63, 3.8) is 0 Å². The standard InChI is InChI=1S/C11H15BrN2OS/c12-7-11(2-5-15-6-3-11)8-16-10-1-4-13-9-14-10/h1,4,9H,2-3,5-8H2. The van der Waals surface area contributed by atoms with Gasteiger partial charge in [0, 0.05) is 30.5 Å². The highest BCUT2D eigenvalue weighted by atomic mass is 79.9. The zero-order valence-corrected chi connectivity index (χ0v) is 11.5. The lowest BCUT2D eigenvalue weighted by Gasteiger charge is -2.35. The van der Waals surface area contributed by atoms with Crippen molar-refractivity contribution in [2.45, 2.75) is 17.9 Å². The van der Waals surface area contributed by atoms with Crippen molar-refractivity contribution in [1.82, 2.24) is 9.97 Å². The molecule has 0 aliphatic carbocycles. The van der Waals surface area contributed by atoms with Crippen LogP contribution in [0, 0.1) is 5.41 Å². The fourth-order valence-corrected chi connectivity index (χ4v) is 3.86. The number of rotatable bonds is 4. The first kappa shape index (κ1) is 12.3. The molecule has 0 saturated carbocycles. The second-order valence-corrected chi connectivity index (χ2v) is 5.64. The normalized spacial score (nSPS) is 19.6. The minimum Gasteiger partial charge on any atom is -0.381 e. The Bertz CT molecular complexity index is 317. The summed E-state index contributed by atoms with van der Waals surface area (Å²) in [5.41, 5.74) is 0.369. The van der Waals surface area contributed by atoms with Crippen LogP contribution >= 0.6 is 27.7 Å². The van der Waals surface area contributed by atoms with Crippen molar-refractivity contribution in [3.8, 4) is 0 Å². The fraction of sp³-hybridized carbons (Fsp3) is 0.636. The van der Waals surface area contributed by atoms with Gasteiger partial charge in [-0.3, -0.25) is 0 Å². The summed E-state index contributed by atoms with van der Waals surface area (Å²) in [6.07, 6.45) is 5.67. The molecule has 1 saturated heterocycles. The molecule has 1 fully saturated rings. The third kappa shape index (κ3) is 3.18. The lowest BCUT2D eigenvalue weighted by molar-refractivity contribution is 0.0374. The largest absolute Gasteiger partial charge is 0.381 e. The molecule has 1 aromatic heterocycles. The van der Waals surface area contributed by atoms with Gasteiger partial charge in [0.05, 0.1) is 5.03 Å². The first-order valence-corrected chi connectivity index (χ1v) is 7.48. The summed E-state index contributed by atoms with van der Waals surface area (Å²) in [7, 11) is 0. The Morgan fingerprint density at radius 3 is 2.88 bits per heavy atom. The highest BCUT2D eigenvalue weighted by Gasteiger charge is 2.31. The molecule has 0 unspecified atom stereocenters. The van der Waals surface area contributed by atoms with Crippen LogP contribution in [-0.2, 0) is 4.74 Å². The predicted molar refractivity (Wildman–Crippen MR) is 69.0 cm³/mol. The van der Waals surface area contributed by atoms with E-state index < -0.39 is 0 Å². The molecule has 1 aliphatic heterocycles. The predicted octanol–water partition coefficient (Wildman–Crippen LogP) is 2.76. The minimum atomic E-state index is 0.369. The average Bonchev–Trinajstić information content (AvgIpc) is 2.39. The molecular weight excluding hydrogens is 288 g/mol. The first-order valence-electron chi connectivity index (χ1n) is 5.37. The van der Waals surface area contributed by atoms with E-state index in [-0.39, 0.29) is 0 Å². The van der Waals surface area contributed by atoms with Gasteiger partial charge in [-0.2, -0.15) is 0 Å². The lowest BCUT2D eigenvalue weighted by Crippen LogP contribution is -2.33. The zero-order chi connectivity index (χ0) is 11.3. The summed E-state index contributed by atoms with van der Waals surface area (Å²) in [6, 6.07) is 1.96. The van der Waals surface area contributed by atoms with E-state index in [0.717, 1.165) is 42.2 Å². The number of aromatic nitrogens is 2. The van der Waals surface area contributed by atoms with E-state index in [1.165, 1.54) is 0 Å². The van der Waals surface area contributed by atoms with Crippen LogP contribution in [-0.4, -0.2) is 34.3 Å². The molecule has 5 heteroatoms. The van der Waals surface area contributed by atoms with Gasteiger partial charge >= 0.3 is 0 Å². The summed E-state index contributed by atoms with van der Waals surface area (Å²) in [4.78, 5) is 8.16. The lowest BCUT2D eigenvalue weighted by atomic mass is 9.85. The maximum absolute atomic E-state index is 5.42. The number of halogens is 1. The van der Waals surface area contributed by atoms with Crippen molar-refractivity contribution in [1.29, 1.82) is 0 Å². The zero-order valence-electron chi connectivity index (χ0n) is 9.06. The third-order valence-corrected chi connectivity index (χ3v) is 5.40. The quantitative estimate of drug-likeness (QED) is 0.487. The molecule has 2 rings (SSSR count). The molecule has 0 amide bonds. The Morgan fingerprint density at radius 1 is 1.44 bits per heavy atom.